The Kier molecular flexibility index (Phi) is 4.98. The molecule has 0 amide bonds. The molecule has 32 heavy (non-hydrogen) atoms. The number of rotatable bonds is 5. The lowest BCUT2D eigenvalue weighted by molar-refractivity contribution is -0.108. The van der Waals surface area contributed by atoms with Gasteiger partial charge in [0, 0.05) is 17.9 Å². The van der Waals surface area contributed by atoms with E-state index in [1.54, 1.807) is 14.2 Å². The third-order valence-corrected chi connectivity index (χ3v) is 9.90. The summed E-state index contributed by atoms with van der Waals surface area (Å²) in [6, 6.07) is 6.99. The highest BCUT2D eigenvalue weighted by atomic mass is 16.6. The van der Waals surface area contributed by atoms with Gasteiger partial charge in [-0.3, -0.25) is 0 Å². The highest BCUT2D eigenvalue weighted by Gasteiger charge is 2.54. The van der Waals surface area contributed by atoms with Gasteiger partial charge in [-0.15, -0.1) is 0 Å². The maximum Gasteiger partial charge on any atom is 0.161 e. The molecule has 6 rings (SSSR count). The molecule has 4 saturated carbocycles. The topological polar surface area (TPSA) is 43.3 Å². The van der Waals surface area contributed by atoms with Crippen molar-refractivity contribution >= 4 is 5.71 Å². The average molecular weight is 439 g/mol. The van der Waals surface area contributed by atoms with Crippen molar-refractivity contribution in [3.05, 3.63) is 23.8 Å². The number of methoxy groups -OCH3 is 2. The quantitative estimate of drug-likeness (QED) is 0.595. The van der Waals surface area contributed by atoms with E-state index in [2.05, 4.69) is 30.1 Å². The zero-order chi connectivity index (χ0) is 21.9. The fraction of sp³-hybridized carbons (Fsp3) is 0.741. The standard InChI is InChI=1S/C27H38N2O3/c1-29-11-10-27(21-4-5-23(30-2)24(14-21)31-3)9-7-22(15-25(27)29)28-32-26-8-6-19-12-18(16-26)13-20(19)17-26/h4-5,14,18-20,25H,6-13,15-17H2,1-3H3/b28-22+/t18?,19?,20?,25-,26?,27-/m0/s1. The predicted octanol–water partition coefficient (Wildman–Crippen LogP) is 5.17. The SMILES string of the molecule is COc1ccc([C@@]23CC/C(=N\OC45CCC6CC(CC6C4)C5)C[C@@H]2N(C)CC3)cc1OC. The first-order valence-corrected chi connectivity index (χ1v) is 12.7. The van der Waals surface area contributed by atoms with Gasteiger partial charge >= 0.3 is 0 Å². The Hall–Kier alpha value is -1.75. The van der Waals surface area contributed by atoms with Crippen LogP contribution in [0.4, 0.5) is 0 Å². The molecule has 4 unspecified atom stereocenters. The number of oxime groups is 1. The number of ether oxygens (including phenoxy) is 2. The third-order valence-electron chi connectivity index (χ3n) is 9.90. The zero-order valence-electron chi connectivity index (χ0n) is 19.9. The minimum Gasteiger partial charge on any atom is -0.493 e. The Morgan fingerprint density at radius 3 is 2.69 bits per heavy atom. The summed E-state index contributed by atoms with van der Waals surface area (Å²) in [5.41, 5.74) is 2.86. The Morgan fingerprint density at radius 2 is 1.84 bits per heavy atom. The average Bonchev–Trinajstić information content (AvgIpc) is 3.26. The number of hydrogen-bond acceptors (Lipinski definition) is 5. The molecule has 0 aromatic heterocycles. The second kappa shape index (κ2) is 7.65. The number of benzene rings is 1. The van der Waals surface area contributed by atoms with Gasteiger partial charge in [0.2, 0.25) is 0 Å². The smallest absolute Gasteiger partial charge is 0.161 e. The van der Waals surface area contributed by atoms with Crippen molar-refractivity contribution in [3.8, 4) is 11.5 Å². The Labute approximate surface area is 192 Å². The molecular formula is C27H38N2O3. The van der Waals surface area contributed by atoms with Crippen LogP contribution >= 0.6 is 0 Å². The molecule has 6 atom stereocenters. The highest BCUT2D eigenvalue weighted by Crippen LogP contribution is 2.58. The monoisotopic (exact) mass is 438 g/mol. The van der Waals surface area contributed by atoms with Crippen LogP contribution in [-0.2, 0) is 10.3 Å². The normalized spacial score (nSPS) is 41.7. The van der Waals surface area contributed by atoms with Crippen molar-refractivity contribution in [1.29, 1.82) is 0 Å². The van der Waals surface area contributed by atoms with Crippen LogP contribution in [0.5, 0.6) is 11.5 Å². The molecule has 1 heterocycles. The van der Waals surface area contributed by atoms with Crippen LogP contribution in [0.25, 0.3) is 0 Å². The molecule has 5 heteroatoms. The van der Waals surface area contributed by atoms with Gasteiger partial charge in [0.25, 0.3) is 0 Å². The second-order valence-corrected chi connectivity index (χ2v) is 11.4. The lowest BCUT2D eigenvalue weighted by Crippen LogP contribution is -2.46. The van der Waals surface area contributed by atoms with Gasteiger partial charge < -0.3 is 19.2 Å². The van der Waals surface area contributed by atoms with Gasteiger partial charge in [-0.25, -0.2) is 0 Å². The fourth-order valence-corrected chi connectivity index (χ4v) is 8.29. The van der Waals surface area contributed by atoms with Crippen molar-refractivity contribution in [2.24, 2.45) is 22.9 Å². The lowest BCUT2D eigenvalue weighted by Gasteiger charge is -2.44. The van der Waals surface area contributed by atoms with Gasteiger partial charge in [-0.2, -0.15) is 0 Å². The van der Waals surface area contributed by atoms with Crippen LogP contribution < -0.4 is 9.47 Å². The lowest BCUT2D eigenvalue weighted by atomic mass is 9.65. The molecule has 5 aliphatic rings. The van der Waals surface area contributed by atoms with Crippen LogP contribution in [0.2, 0.25) is 0 Å². The summed E-state index contributed by atoms with van der Waals surface area (Å²) < 4.78 is 11.1. The molecule has 0 N–H and O–H groups in total. The summed E-state index contributed by atoms with van der Waals surface area (Å²) >= 11 is 0. The van der Waals surface area contributed by atoms with E-state index in [0.29, 0.717) is 6.04 Å². The fourth-order valence-electron chi connectivity index (χ4n) is 8.29. The molecule has 1 aromatic rings. The maximum atomic E-state index is 6.50. The zero-order valence-corrected chi connectivity index (χ0v) is 19.9. The first-order chi connectivity index (χ1) is 15.5. The van der Waals surface area contributed by atoms with Gasteiger partial charge in [-0.1, -0.05) is 11.2 Å². The van der Waals surface area contributed by atoms with Crippen molar-refractivity contribution in [2.75, 3.05) is 27.8 Å². The second-order valence-electron chi connectivity index (χ2n) is 11.4. The number of hydrogen-bond donors (Lipinski definition) is 0. The van der Waals surface area contributed by atoms with E-state index in [9.17, 15) is 0 Å². The summed E-state index contributed by atoms with van der Waals surface area (Å²) in [5, 5.41) is 4.90. The Morgan fingerprint density at radius 1 is 1.00 bits per heavy atom. The van der Waals surface area contributed by atoms with E-state index in [4.69, 9.17) is 19.5 Å². The van der Waals surface area contributed by atoms with Gasteiger partial charge in [0.15, 0.2) is 11.5 Å². The molecule has 5 nitrogen and oxygen atoms in total. The molecule has 4 aliphatic carbocycles. The number of likely N-dealkylation sites (tertiary alicyclic amines) is 1. The van der Waals surface area contributed by atoms with Crippen molar-refractivity contribution in [1.82, 2.24) is 4.90 Å². The third kappa shape index (κ3) is 3.18. The van der Waals surface area contributed by atoms with E-state index in [1.165, 1.54) is 56.2 Å². The first-order valence-electron chi connectivity index (χ1n) is 12.7. The van der Waals surface area contributed by atoms with Crippen LogP contribution in [0, 0.1) is 17.8 Å². The molecule has 1 aliphatic heterocycles. The summed E-state index contributed by atoms with van der Waals surface area (Å²) in [4.78, 5) is 9.04. The molecule has 1 saturated heterocycles. The van der Waals surface area contributed by atoms with E-state index >= 15 is 0 Å². The molecule has 0 radical (unpaired) electrons. The van der Waals surface area contributed by atoms with E-state index < -0.39 is 0 Å². The number of nitrogens with zero attached hydrogens (tertiary/aromatic N) is 2. The van der Waals surface area contributed by atoms with Crippen LogP contribution in [0.15, 0.2) is 23.4 Å². The van der Waals surface area contributed by atoms with Crippen LogP contribution in [0.1, 0.15) is 69.8 Å². The minimum absolute atomic E-state index is 0.0487. The van der Waals surface area contributed by atoms with Gasteiger partial charge in [-0.05, 0) is 107 Å². The Balaban J connectivity index is 1.22. The Bertz CT molecular complexity index is 912. The number of likely N-dealkylation sites (N-methyl/N-ethyl adjacent to an activating group) is 1. The van der Waals surface area contributed by atoms with Crippen molar-refractivity contribution in [2.45, 2.75) is 81.3 Å². The van der Waals surface area contributed by atoms with E-state index in [1.807, 2.05) is 0 Å². The van der Waals surface area contributed by atoms with Crippen LogP contribution in [0.3, 0.4) is 0 Å². The molecule has 5 fully saturated rings. The first kappa shape index (κ1) is 20.8. The van der Waals surface area contributed by atoms with E-state index in [-0.39, 0.29) is 11.0 Å². The van der Waals surface area contributed by atoms with Crippen molar-refractivity contribution < 1.29 is 14.3 Å². The minimum atomic E-state index is 0.0487. The van der Waals surface area contributed by atoms with Crippen LogP contribution in [-0.4, -0.2) is 50.1 Å². The maximum absolute atomic E-state index is 6.50. The molecule has 1 aromatic carbocycles. The summed E-state index contributed by atoms with van der Waals surface area (Å²) in [7, 11) is 5.70. The highest BCUT2D eigenvalue weighted by molar-refractivity contribution is 5.86. The summed E-state index contributed by atoms with van der Waals surface area (Å²) in [5.74, 6) is 4.42. The van der Waals surface area contributed by atoms with E-state index in [0.717, 1.165) is 55.1 Å². The van der Waals surface area contributed by atoms with Gasteiger partial charge in [0.05, 0.1) is 19.9 Å². The molecule has 174 valence electrons. The predicted molar refractivity (Wildman–Crippen MR) is 126 cm³/mol. The molecule has 0 spiro atoms. The summed E-state index contributed by atoms with van der Waals surface area (Å²) in [6.07, 6.45) is 12.3. The molecule has 3 bridgehead atoms. The van der Waals surface area contributed by atoms with Gasteiger partial charge in [0.1, 0.15) is 5.60 Å². The molecular weight excluding hydrogens is 400 g/mol. The van der Waals surface area contributed by atoms with Crippen molar-refractivity contribution in [3.63, 3.8) is 0 Å². The largest absolute Gasteiger partial charge is 0.493 e. The number of fused-ring (bicyclic) bond motifs is 3. The summed E-state index contributed by atoms with van der Waals surface area (Å²) in [6.45, 7) is 1.13.